The topological polar surface area (TPSA) is 38.3 Å². The zero-order valence-electron chi connectivity index (χ0n) is 12.8. The van der Waals surface area contributed by atoms with Crippen molar-refractivity contribution in [3.63, 3.8) is 0 Å². The first kappa shape index (κ1) is 16.3. The summed E-state index contributed by atoms with van der Waals surface area (Å²) in [5.74, 6) is 6.77. The summed E-state index contributed by atoms with van der Waals surface area (Å²) in [5, 5.41) is 2.61. The third kappa shape index (κ3) is 3.85. The van der Waals surface area contributed by atoms with E-state index < -0.39 is 0 Å². The van der Waals surface area contributed by atoms with E-state index in [-0.39, 0.29) is 5.91 Å². The third-order valence-electron chi connectivity index (χ3n) is 3.28. The average Bonchev–Trinajstić information content (AvgIpc) is 2.91. The van der Waals surface area contributed by atoms with Crippen LogP contribution in [0, 0.1) is 11.8 Å². The predicted molar refractivity (Wildman–Crippen MR) is 102 cm³/mol. The molecule has 24 heavy (non-hydrogen) atoms. The lowest BCUT2D eigenvalue weighted by Gasteiger charge is -2.04. The fourth-order valence-corrected chi connectivity index (χ4v) is 3.19. The number of ether oxygens (including phenoxy) is 1. The minimum atomic E-state index is -0.169. The van der Waals surface area contributed by atoms with Crippen LogP contribution in [-0.2, 0) is 4.79 Å². The predicted octanol–water partition coefficient (Wildman–Crippen LogP) is 3.58. The van der Waals surface area contributed by atoms with Gasteiger partial charge in [-0.1, -0.05) is 60.1 Å². The van der Waals surface area contributed by atoms with Crippen LogP contribution in [0.5, 0.6) is 5.75 Å². The maximum absolute atomic E-state index is 11.8. The van der Waals surface area contributed by atoms with Crippen molar-refractivity contribution in [2.45, 2.75) is 0 Å². The molecule has 0 aromatic heterocycles. The second-order valence-corrected chi connectivity index (χ2v) is 6.65. The van der Waals surface area contributed by atoms with E-state index in [0.717, 1.165) is 16.7 Å². The Bertz CT molecular complexity index is 893. The summed E-state index contributed by atoms with van der Waals surface area (Å²) in [6.45, 7) is 0. The highest BCUT2D eigenvalue weighted by atomic mass is 32.2. The van der Waals surface area contributed by atoms with Crippen LogP contribution in [0.15, 0.2) is 53.4 Å². The van der Waals surface area contributed by atoms with Crippen molar-refractivity contribution in [3.05, 3.63) is 70.1 Å². The molecule has 0 radical (unpaired) electrons. The van der Waals surface area contributed by atoms with Crippen molar-refractivity contribution in [2.24, 2.45) is 0 Å². The average molecular weight is 351 g/mol. The standard InChI is InChI=1S/C19H13NO2S2/c1-22-16-10-8-14(12-17-18(21)20-19(23)24-17)11-15(16)9-7-13-5-3-2-4-6-13/h2-6,8,10-12H,1H3,(H,20,21,23)/b17-12-. The maximum Gasteiger partial charge on any atom is 0.263 e. The van der Waals surface area contributed by atoms with Crippen LogP contribution in [0.25, 0.3) is 6.08 Å². The first-order chi connectivity index (χ1) is 11.7. The molecule has 1 aliphatic rings. The molecule has 5 heteroatoms. The quantitative estimate of drug-likeness (QED) is 0.510. The molecule has 0 unspecified atom stereocenters. The number of hydrogen-bond acceptors (Lipinski definition) is 4. The summed E-state index contributed by atoms with van der Waals surface area (Å²) in [5.41, 5.74) is 2.57. The van der Waals surface area contributed by atoms with E-state index >= 15 is 0 Å². The second-order valence-electron chi connectivity index (χ2n) is 4.93. The fourth-order valence-electron chi connectivity index (χ4n) is 2.15. The highest BCUT2D eigenvalue weighted by molar-refractivity contribution is 8.26. The monoisotopic (exact) mass is 351 g/mol. The minimum absolute atomic E-state index is 0.169. The van der Waals surface area contributed by atoms with E-state index in [2.05, 4.69) is 17.2 Å². The van der Waals surface area contributed by atoms with E-state index in [1.54, 1.807) is 13.2 Å². The maximum atomic E-state index is 11.8. The van der Waals surface area contributed by atoms with E-state index in [4.69, 9.17) is 17.0 Å². The number of thiocarbonyl (C=S) groups is 1. The van der Waals surface area contributed by atoms with Gasteiger partial charge in [-0.3, -0.25) is 4.79 Å². The van der Waals surface area contributed by atoms with E-state index in [9.17, 15) is 4.79 Å². The Labute approximate surface area is 150 Å². The minimum Gasteiger partial charge on any atom is -0.495 e. The zero-order valence-corrected chi connectivity index (χ0v) is 14.5. The summed E-state index contributed by atoms with van der Waals surface area (Å²) in [7, 11) is 1.61. The van der Waals surface area contributed by atoms with Gasteiger partial charge in [-0.2, -0.15) is 0 Å². The van der Waals surface area contributed by atoms with Gasteiger partial charge in [0.15, 0.2) is 0 Å². The van der Waals surface area contributed by atoms with Crippen molar-refractivity contribution >= 4 is 40.3 Å². The van der Waals surface area contributed by atoms with Crippen molar-refractivity contribution < 1.29 is 9.53 Å². The molecule has 3 rings (SSSR count). The molecule has 0 saturated carbocycles. The van der Waals surface area contributed by atoms with Crippen molar-refractivity contribution in [1.82, 2.24) is 5.32 Å². The van der Waals surface area contributed by atoms with Gasteiger partial charge in [-0.05, 0) is 35.9 Å². The number of nitrogens with one attached hydrogen (secondary N) is 1. The van der Waals surface area contributed by atoms with Crippen LogP contribution in [0.1, 0.15) is 16.7 Å². The largest absolute Gasteiger partial charge is 0.495 e. The molecule has 1 aliphatic heterocycles. The van der Waals surface area contributed by atoms with Gasteiger partial charge in [0, 0.05) is 5.56 Å². The van der Waals surface area contributed by atoms with Crippen LogP contribution >= 0.6 is 24.0 Å². The summed E-state index contributed by atoms with van der Waals surface area (Å²) in [4.78, 5) is 12.3. The molecular weight excluding hydrogens is 338 g/mol. The lowest BCUT2D eigenvalue weighted by molar-refractivity contribution is -0.115. The van der Waals surface area contributed by atoms with Gasteiger partial charge < -0.3 is 10.1 Å². The van der Waals surface area contributed by atoms with Gasteiger partial charge in [0.2, 0.25) is 0 Å². The first-order valence-corrected chi connectivity index (χ1v) is 8.38. The second kappa shape index (κ2) is 7.35. The molecule has 0 atom stereocenters. The third-order valence-corrected chi connectivity index (χ3v) is 4.44. The van der Waals surface area contributed by atoms with Crippen LogP contribution in [0.4, 0.5) is 0 Å². The Morgan fingerprint density at radius 3 is 2.62 bits per heavy atom. The van der Waals surface area contributed by atoms with E-state index in [1.165, 1.54) is 11.8 Å². The fraction of sp³-hybridized carbons (Fsp3) is 0.0526. The number of carbonyl (C=O) groups is 1. The van der Waals surface area contributed by atoms with Gasteiger partial charge >= 0.3 is 0 Å². The molecule has 1 amide bonds. The molecule has 1 fully saturated rings. The Morgan fingerprint density at radius 1 is 1.17 bits per heavy atom. The van der Waals surface area contributed by atoms with Crippen molar-refractivity contribution in [3.8, 4) is 17.6 Å². The Morgan fingerprint density at radius 2 is 1.96 bits per heavy atom. The molecule has 0 bridgehead atoms. The van der Waals surface area contributed by atoms with Crippen LogP contribution in [0.2, 0.25) is 0 Å². The van der Waals surface area contributed by atoms with Crippen LogP contribution in [0.3, 0.4) is 0 Å². The van der Waals surface area contributed by atoms with Crippen molar-refractivity contribution in [1.29, 1.82) is 0 Å². The lowest BCUT2D eigenvalue weighted by Crippen LogP contribution is -2.17. The summed E-state index contributed by atoms with van der Waals surface area (Å²) >= 11 is 6.26. The summed E-state index contributed by atoms with van der Waals surface area (Å²) < 4.78 is 5.84. The highest BCUT2D eigenvalue weighted by Gasteiger charge is 2.21. The molecule has 118 valence electrons. The molecule has 0 aliphatic carbocycles. The van der Waals surface area contributed by atoms with E-state index in [0.29, 0.717) is 15.0 Å². The Hall–Kier alpha value is -2.55. The van der Waals surface area contributed by atoms with Gasteiger partial charge in [-0.15, -0.1) is 0 Å². The van der Waals surface area contributed by atoms with Crippen molar-refractivity contribution in [2.75, 3.05) is 7.11 Å². The molecule has 1 saturated heterocycles. The molecule has 2 aromatic carbocycles. The number of hydrogen-bond donors (Lipinski definition) is 1. The molecule has 1 N–H and O–H groups in total. The number of carbonyl (C=O) groups excluding carboxylic acids is 1. The number of methoxy groups -OCH3 is 1. The highest BCUT2D eigenvalue weighted by Crippen LogP contribution is 2.27. The lowest BCUT2D eigenvalue weighted by atomic mass is 10.1. The Balaban J connectivity index is 1.95. The number of thioether (sulfide) groups is 1. The van der Waals surface area contributed by atoms with Gasteiger partial charge in [0.1, 0.15) is 10.1 Å². The molecular formula is C19H13NO2S2. The summed E-state index contributed by atoms with van der Waals surface area (Å²) in [6, 6.07) is 15.4. The smallest absolute Gasteiger partial charge is 0.263 e. The number of benzene rings is 2. The molecule has 0 spiro atoms. The first-order valence-electron chi connectivity index (χ1n) is 7.15. The van der Waals surface area contributed by atoms with Crippen LogP contribution < -0.4 is 10.1 Å². The molecule has 2 aromatic rings. The number of rotatable bonds is 2. The molecule has 1 heterocycles. The molecule has 3 nitrogen and oxygen atoms in total. The van der Waals surface area contributed by atoms with Gasteiger partial charge in [-0.25, -0.2) is 0 Å². The number of amides is 1. The van der Waals surface area contributed by atoms with E-state index in [1.807, 2.05) is 48.5 Å². The van der Waals surface area contributed by atoms with Crippen LogP contribution in [-0.4, -0.2) is 17.3 Å². The van der Waals surface area contributed by atoms with Gasteiger partial charge in [0.25, 0.3) is 5.91 Å². The van der Waals surface area contributed by atoms with Gasteiger partial charge in [0.05, 0.1) is 17.6 Å². The summed E-state index contributed by atoms with van der Waals surface area (Å²) in [6.07, 6.45) is 1.80. The zero-order chi connectivity index (χ0) is 16.9. The normalized spacial score (nSPS) is 15.0. The SMILES string of the molecule is COc1ccc(/C=C2\SC(=S)NC2=O)cc1C#Cc1ccccc1. The Kier molecular flexibility index (Phi) is 4.99.